The van der Waals surface area contributed by atoms with E-state index in [-0.39, 0.29) is 5.82 Å². The van der Waals surface area contributed by atoms with E-state index in [2.05, 4.69) is 11.1 Å². The number of pyridine rings is 1. The maximum absolute atomic E-state index is 9.58. The average molecular weight is 329 g/mol. The zero-order valence-electron chi connectivity index (χ0n) is 14.5. The summed E-state index contributed by atoms with van der Waals surface area (Å²) < 4.78 is 5.21. The highest BCUT2D eigenvalue weighted by Gasteiger charge is 2.18. The molecule has 2 aromatic carbocycles. The maximum atomic E-state index is 9.58. The molecule has 2 N–H and O–H groups in total. The molecule has 0 saturated carbocycles. The summed E-state index contributed by atoms with van der Waals surface area (Å²) in [5, 5.41) is 9.58. The third-order valence-corrected chi connectivity index (χ3v) is 4.28. The molecule has 1 heterocycles. The number of methoxy groups -OCH3 is 1. The van der Waals surface area contributed by atoms with Gasteiger partial charge in [-0.3, -0.25) is 0 Å². The number of aryl methyl sites for hydroxylation is 1. The van der Waals surface area contributed by atoms with Gasteiger partial charge in [-0.25, -0.2) is 4.98 Å². The van der Waals surface area contributed by atoms with Crippen molar-refractivity contribution in [2.75, 3.05) is 12.8 Å². The van der Waals surface area contributed by atoms with Crippen LogP contribution in [0.2, 0.25) is 0 Å². The fraction of sp³-hybridized carbons (Fsp3) is 0.143. The van der Waals surface area contributed by atoms with Gasteiger partial charge in [0.1, 0.15) is 23.2 Å². The second-order valence-corrected chi connectivity index (χ2v) is 5.93. The summed E-state index contributed by atoms with van der Waals surface area (Å²) in [7, 11) is 1.63. The molecular formula is C21H19N3O. The van der Waals surface area contributed by atoms with E-state index in [4.69, 9.17) is 10.5 Å². The van der Waals surface area contributed by atoms with Gasteiger partial charge in [0, 0.05) is 11.1 Å². The molecule has 0 radical (unpaired) electrons. The minimum absolute atomic E-state index is 0.245. The van der Waals surface area contributed by atoms with E-state index in [1.54, 1.807) is 7.11 Å². The smallest absolute Gasteiger partial charge is 0.142 e. The minimum Gasteiger partial charge on any atom is -0.497 e. The molecule has 0 spiro atoms. The monoisotopic (exact) mass is 329 g/mol. The number of nitrogens with two attached hydrogens (primary N) is 1. The van der Waals surface area contributed by atoms with Gasteiger partial charge in [-0.2, -0.15) is 5.26 Å². The lowest BCUT2D eigenvalue weighted by atomic mass is 9.92. The molecule has 0 aliphatic heterocycles. The number of anilines is 1. The summed E-state index contributed by atoms with van der Waals surface area (Å²) in [6, 6.07) is 17.9. The number of nitriles is 1. The number of aromatic nitrogens is 1. The highest BCUT2D eigenvalue weighted by atomic mass is 16.5. The fourth-order valence-electron chi connectivity index (χ4n) is 2.92. The van der Waals surface area contributed by atoms with Crippen molar-refractivity contribution >= 4 is 5.82 Å². The Morgan fingerprint density at radius 1 is 0.960 bits per heavy atom. The molecule has 4 heteroatoms. The quantitative estimate of drug-likeness (QED) is 0.768. The largest absolute Gasteiger partial charge is 0.497 e. The van der Waals surface area contributed by atoms with E-state index in [0.29, 0.717) is 5.56 Å². The molecule has 0 aliphatic rings. The van der Waals surface area contributed by atoms with E-state index < -0.39 is 0 Å². The van der Waals surface area contributed by atoms with E-state index in [1.165, 1.54) is 0 Å². The van der Waals surface area contributed by atoms with Gasteiger partial charge in [0.05, 0.1) is 12.8 Å². The van der Waals surface area contributed by atoms with Crippen LogP contribution < -0.4 is 10.5 Å². The number of hydrogen-bond donors (Lipinski definition) is 1. The van der Waals surface area contributed by atoms with Crippen molar-refractivity contribution in [1.82, 2.24) is 4.98 Å². The van der Waals surface area contributed by atoms with E-state index in [0.717, 1.165) is 39.3 Å². The number of nitrogens with zero attached hydrogens (tertiary/aromatic N) is 2. The van der Waals surface area contributed by atoms with Crippen molar-refractivity contribution < 1.29 is 4.74 Å². The lowest BCUT2D eigenvalue weighted by molar-refractivity contribution is 0.415. The van der Waals surface area contributed by atoms with Gasteiger partial charge in [0.2, 0.25) is 0 Å². The minimum atomic E-state index is 0.245. The van der Waals surface area contributed by atoms with Gasteiger partial charge in [-0.05, 0) is 49.2 Å². The highest BCUT2D eigenvalue weighted by molar-refractivity contribution is 5.84. The first-order valence-electron chi connectivity index (χ1n) is 7.96. The van der Waals surface area contributed by atoms with Crippen LogP contribution in [0.4, 0.5) is 5.82 Å². The molecule has 0 saturated heterocycles. The summed E-state index contributed by atoms with van der Waals surface area (Å²) >= 11 is 0. The van der Waals surface area contributed by atoms with Gasteiger partial charge in [0.15, 0.2) is 0 Å². The maximum Gasteiger partial charge on any atom is 0.142 e. The molecule has 0 amide bonds. The van der Waals surface area contributed by atoms with E-state index in [1.807, 2.05) is 62.4 Å². The topological polar surface area (TPSA) is 71.9 Å². The summed E-state index contributed by atoms with van der Waals surface area (Å²) in [4.78, 5) is 4.49. The summed E-state index contributed by atoms with van der Waals surface area (Å²) in [6.07, 6.45) is 0. The predicted octanol–water partition coefficient (Wildman–Crippen LogP) is 4.49. The van der Waals surface area contributed by atoms with Crippen LogP contribution in [0.3, 0.4) is 0 Å². The molecular weight excluding hydrogens is 310 g/mol. The third kappa shape index (κ3) is 3.05. The fourth-order valence-corrected chi connectivity index (χ4v) is 2.92. The molecule has 0 atom stereocenters. The van der Waals surface area contributed by atoms with Crippen LogP contribution in [0.15, 0.2) is 48.5 Å². The molecule has 3 rings (SSSR count). The molecule has 4 nitrogen and oxygen atoms in total. The Balaban J connectivity index is 2.25. The first-order valence-corrected chi connectivity index (χ1v) is 7.96. The Morgan fingerprint density at radius 3 is 2.12 bits per heavy atom. The van der Waals surface area contributed by atoms with E-state index in [9.17, 15) is 5.26 Å². The molecule has 3 aromatic rings. The zero-order chi connectivity index (χ0) is 18.0. The molecule has 124 valence electrons. The Bertz CT molecular complexity index is 952. The second kappa shape index (κ2) is 6.66. The number of rotatable bonds is 3. The standard InChI is InChI=1S/C21H19N3O/c1-13-4-6-15(7-5-13)19-14(2)20(24-21(23)18(19)12-22)16-8-10-17(25-3)11-9-16/h4-11H,1-3H3,(H2,23,24). The Morgan fingerprint density at radius 2 is 1.56 bits per heavy atom. The molecule has 0 fully saturated rings. The van der Waals surface area contributed by atoms with Crippen molar-refractivity contribution in [2.45, 2.75) is 13.8 Å². The molecule has 0 aliphatic carbocycles. The molecule has 0 unspecified atom stereocenters. The summed E-state index contributed by atoms with van der Waals surface area (Å²) in [5.41, 5.74) is 12.1. The first kappa shape index (κ1) is 16.5. The Kier molecular flexibility index (Phi) is 4.40. The lowest BCUT2D eigenvalue weighted by Crippen LogP contribution is -2.03. The SMILES string of the molecule is COc1ccc(-c2nc(N)c(C#N)c(-c3ccc(C)cc3)c2C)cc1. The van der Waals surface area contributed by atoms with E-state index >= 15 is 0 Å². The van der Waals surface area contributed by atoms with Crippen molar-refractivity contribution in [3.05, 3.63) is 65.2 Å². The van der Waals surface area contributed by atoms with Crippen LogP contribution in [0.1, 0.15) is 16.7 Å². The predicted molar refractivity (Wildman–Crippen MR) is 100 cm³/mol. The van der Waals surface area contributed by atoms with Gasteiger partial charge in [-0.15, -0.1) is 0 Å². The second-order valence-electron chi connectivity index (χ2n) is 5.93. The highest BCUT2D eigenvalue weighted by Crippen LogP contribution is 2.36. The van der Waals surface area contributed by atoms with Crippen LogP contribution in [0.5, 0.6) is 5.75 Å². The first-order chi connectivity index (χ1) is 12.0. The van der Waals surface area contributed by atoms with Gasteiger partial charge >= 0.3 is 0 Å². The number of benzene rings is 2. The van der Waals surface area contributed by atoms with Crippen LogP contribution in [0, 0.1) is 25.2 Å². The van der Waals surface area contributed by atoms with Gasteiger partial charge in [-0.1, -0.05) is 29.8 Å². The van der Waals surface area contributed by atoms with Crippen LogP contribution in [0.25, 0.3) is 22.4 Å². The zero-order valence-corrected chi connectivity index (χ0v) is 14.5. The normalized spacial score (nSPS) is 10.3. The van der Waals surface area contributed by atoms with Crippen LogP contribution in [-0.4, -0.2) is 12.1 Å². The van der Waals surface area contributed by atoms with Crippen molar-refractivity contribution in [2.24, 2.45) is 0 Å². The molecule has 25 heavy (non-hydrogen) atoms. The van der Waals surface area contributed by atoms with Crippen molar-refractivity contribution in [3.8, 4) is 34.2 Å². The van der Waals surface area contributed by atoms with Crippen molar-refractivity contribution in [3.63, 3.8) is 0 Å². The van der Waals surface area contributed by atoms with Gasteiger partial charge in [0.25, 0.3) is 0 Å². The number of ether oxygens (including phenoxy) is 1. The lowest BCUT2D eigenvalue weighted by Gasteiger charge is -2.15. The van der Waals surface area contributed by atoms with Crippen molar-refractivity contribution in [1.29, 1.82) is 5.26 Å². The molecule has 0 bridgehead atoms. The third-order valence-electron chi connectivity index (χ3n) is 4.28. The molecule has 1 aromatic heterocycles. The van der Waals surface area contributed by atoms with Crippen LogP contribution >= 0.6 is 0 Å². The summed E-state index contributed by atoms with van der Waals surface area (Å²) in [5.74, 6) is 1.02. The number of hydrogen-bond acceptors (Lipinski definition) is 4. The Labute approximate surface area is 147 Å². The van der Waals surface area contributed by atoms with Gasteiger partial charge < -0.3 is 10.5 Å². The Hall–Kier alpha value is -3.32. The summed E-state index contributed by atoms with van der Waals surface area (Å²) in [6.45, 7) is 4.01. The average Bonchev–Trinajstić information content (AvgIpc) is 2.64. The van der Waals surface area contributed by atoms with Crippen LogP contribution in [-0.2, 0) is 0 Å². The number of nitrogen functional groups attached to an aromatic ring is 1.